The minimum Gasteiger partial charge on any atom is -0.480 e. The molecule has 0 aliphatic heterocycles. The minimum absolute atomic E-state index is 0.0175. The van der Waals surface area contributed by atoms with Crippen LogP contribution in [-0.4, -0.2) is 25.5 Å². The Morgan fingerprint density at radius 2 is 2.10 bits per heavy atom. The summed E-state index contributed by atoms with van der Waals surface area (Å²) in [5.74, 6) is -1.55. The molecule has 2 atom stereocenters. The number of nitrogens with one attached hydrogen (secondary N) is 1. The Morgan fingerprint density at radius 1 is 1.48 bits per heavy atom. The molecule has 0 saturated heterocycles. The smallest absolute Gasteiger partial charge is 0.322 e. The predicted octanol–water partition coefficient (Wildman–Crippen LogP) is 1.64. The van der Waals surface area contributed by atoms with Gasteiger partial charge in [-0.05, 0) is 36.6 Å². The van der Waals surface area contributed by atoms with Crippen LogP contribution in [0.5, 0.6) is 0 Å². The van der Waals surface area contributed by atoms with E-state index in [1.54, 1.807) is 20.8 Å². The molecule has 0 amide bonds. The molecule has 0 bridgehead atoms. The highest BCUT2D eigenvalue weighted by molar-refractivity contribution is 7.89. The van der Waals surface area contributed by atoms with E-state index in [1.165, 1.54) is 18.2 Å². The van der Waals surface area contributed by atoms with Crippen LogP contribution in [0.25, 0.3) is 0 Å². The standard InChI is InChI=1S/C14H18N2O4S/c1-4-9(2)13(14(17)18)16-21(19,20)12-6-5-11(8-15)7-10(12)3/h5-7,9,13,16H,4H2,1-3H3,(H,17,18)/t9-,13-/m0/s1. The van der Waals surface area contributed by atoms with Crippen molar-refractivity contribution < 1.29 is 18.3 Å². The van der Waals surface area contributed by atoms with E-state index in [4.69, 9.17) is 10.4 Å². The van der Waals surface area contributed by atoms with Crippen molar-refractivity contribution in [3.8, 4) is 6.07 Å². The van der Waals surface area contributed by atoms with Gasteiger partial charge in [0.15, 0.2) is 0 Å². The molecule has 0 aromatic heterocycles. The molecular formula is C14H18N2O4S. The molecular weight excluding hydrogens is 292 g/mol. The van der Waals surface area contributed by atoms with Crippen LogP contribution in [0.15, 0.2) is 23.1 Å². The van der Waals surface area contributed by atoms with Gasteiger partial charge < -0.3 is 5.11 Å². The predicted molar refractivity (Wildman–Crippen MR) is 77.1 cm³/mol. The van der Waals surface area contributed by atoms with E-state index in [9.17, 15) is 13.2 Å². The van der Waals surface area contributed by atoms with Gasteiger partial charge in [-0.25, -0.2) is 8.42 Å². The highest BCUT2D eigenvalue weighted by Crippen LogP contribution is 2.18. The molecule has 21 heavy (non-hydrogen) atoms. The second kappa shape index (κ2) is 6.70. The van der Waals surface area contributed by atoms with Crippen LogP contribution in [-0.2, 0) is 14.8 Å². The Balaban J connectivity index is 3.17. The summed E-state index contributed by atoms with van der Waals surface area (Å²) in [6.45, 7) is 5.03. The van der Waals surface area contributed by atoms with Crippen LogP contribution in [0.2, 0.25) is 0 Å². The summed E-state index contributed by atoms with van der Waals surface area (Å²) < 4.78 is 26.9. The van der Waals surface area contributed by atoms with E-state index in [1.807, 2.05) is 6.07 Å². The molecule has 1 aromatic carbocycles. The van der Waals surface area contributed by atoms with Crippen LogP contribution >= 0.6 is 0 Å². The fourth-order valence-corrected chi connectivity index (χ4v) is 3.42. The number of hydrogen-bond donors (Lipinski definition) is 2. The number of nitriles is 1. The average molecular weight is 310 g/mol. The SMILES string of the molecule is CC[C@H](C)[C@H](NS(=O)(=O)c1ccc(C#N)cc1C)C(=O)O. The molecule has 7 heteroatoms. The summed E-state index contributed by atoms with van der Waals surface area (Å²) >= 11 is 0. The van der Waals surface area contributed by atoms with Crippen LogP contribution in [0.4, 0.5) is 0 Å². The zero-order chi connectivity index (χ0) is 16.2. The first-order valence-corrected chi connectivity index (χ1v) is 7.97. The van der Waals surface area contributed by atoms with Crippen molar-refractivity contribution in [3.63, 3.8) is 0 Å². The molecule has 114 valence electrons. The average Bonchev–Trinajstić information content (AvgIpc) is 2.43. The molecule has 0 radical (unpaired) electrons. The molecule has 2 N–H and O–H groups in total. The van der Waals surface area contributed by atoms with Gasteiger partial charge >= 0.3 is 5.97 Å². The molecule has 1 rings (SSSR count). The maximum Gasteiger partial charge on any atom is 0.322 e. The lowest BCUT2D eigenvalue weighted by Crippen LogP contribution is -2.45. The minimum atomic E-state index is -3.96. The van der Waals surface area contributed by atoms with Crippen molar-refractivity contribution in [2.24, 2.45) is 5.92 Å². The van der Waals surface area contributed by atoms with E-state index in [2.05, 4.69) is 4.72 Å². The first-order chi connectivity index (χ1) is 9.72. The normalized spacial score (nSPS) is 14.2. The molecule has 0 heterocycles. The van der Waals surface area contributed by atoms with Crippen molar-refractivity contribution in [2.45, 2.75) is 38.1 Å². The molecule has 0 spiro atoms. The summed E-state index contributed by atoms with van der Waals surface area (Å²) in [5.41, 5.74) is 0.748. The number of hydrogen-bond acceptors (Lipinski definition) is 4. The Hall–Kier alpha value is -1.91. The third-order valence-electron chi connectivity index (χ3n) is 3.35. The van der Waals surface area contributed by atoms with Crippen molar-refractivity contribution in [1.29, 1.82) is 5.26 Å². The number of benzene rings is 1. The zero-order valence-electron chi connectivity index (χ0n) is 12.1. The quantitative estimate of drug-likeness (QED) is 0.830. The number of rotatable bonds is 6. The Labute approximate surface area is 124 Å². The van der Waals surface area contributed by atoms with Gasteiger partial charge in [-0.3, -0.25) is 4.79 Å². The highest BCUT2D eigenvalue weighted by atomic mass is 32.2. The van der Waals surface area contributed by atoms with Gasteiger partial charge in [0.25, 0.3) is 0 Å². The first-order valence-electron chi connectivity index (χ1n) is 6.48. The molecule has 1 aromatic rings. The Bertz CT molecular complexity index is 677. The van der Waals surface area contributed by atoms with Crippen molar-refractivity contribution in [2.75, 3.05) is 0 Å². The van der Waals surface area contributed by atoms with E-state index in [0.717, 1.165) is 0 Å². The first kappa shape index (κ1) is 17.1. The summed E-state index contributed by atoms with van der Waals surface area (Å²) in [6.07, 6.45) is 0.534. The second-order valence-corrected chi connectivity index (χ2v) is 6.60. The highest BCUT2D eigenvalue weighted by Gasteiger charge is 2.30. The lowest BCUT2D eigenvalue weighted by Gasteiger charge is -2.20. The van der Waals surface area contributed by atoms with Gasteiger partial charge in [0, 0.05) is 0 Å². The van der Waals surface area contributed by atoms with Crippen molar-refractivity contribution in [3.05, 3.63) is 29.3 Å². The van der Waals surface area contributed by atoms with Gasteiger partial charge in [-0.1, -0.05) is 20.3 Å². The topological polar surface area (TPSA) is 107 Å². The second-order valence-electron chi connectivity index (χ2n) is 4.91. The zero-order valence-corrected chi connectivity index (χ0v) is 12.9. The molecule has 0 aliphatic carbocycles. The number of aryl methyl sites for hydroxylation is 1. The monoisotopic (exact) mass is 310 g/mol. The van der Waals surface area contributed by atoms with Crippen LogP contribution in [0.3, 0.4) is 0 Å². The van der Waals surface area contributed by atoms with Gasteiger partial charge in [-0.2, -0.15) is 9.98 Å². The third kappa shape index (κ3) is 4.03. The Morgan fingerprint density at radius 3 is 2.52 bits per heavy atom. The van der Waals surface area contributed by atoms with E-state index in [0.29, 0.717) is 17.5 Å². The van der Waals surface area contributed by atoms with Crippen LogP contribution < -0.4 is 4.72 Å². The number of nitrogens with zero attached hydrogens (tertiary/aromatic N) is 1. The summed E-state index contributed by atoms with van der Waals surface area (Å²) in [5, 5.41) is 18.0. The van der Waals surface area contributed by atoms with Gasteiger partial charge in [-0.15, -0.1) is 0 Å². The van der Waals surface area contributed by atoms with Crippen LogP contribution in [0.1, 0.15) is 31.4 Å². The van der Waals surface area contributed by atoms with Crippen molar-refractivity contribution >= 4 is 16.0 Å². The van der Waals surface area contributed by atoms with Gasteiger partial charge in [0.2, 0.25) is 10.0 Å². The van der Waals surface area contributed by atoms with Crippen molar-refractivity contribution in [1.82, 2.24) is 4.72 Å². The number of aliphatic carboxylic acids is 1. The maximum absolute atomic E-state index is 12.3. The summed E-state index contributed by atoms with van der Waals surface area (Å²) in [4.78, 5) is 11.2. The number of carboxylic acid groups (broad SMARTS) is 1. The van der Waals surface area contributed by atoms with E-state index < -0.39 is 22.0 Å². The van der Waals surface area contributed by atoms with Crippen LogP contribution in [0, 0.1) is 24.2 Å². The molecule has 6 nitrogen and oxygen atoms in total. The lowest BCUT2D eigenvalue weighted by molar-refractivity contribution is -0.140. The lowest BCUT2D eigenvalue weighted by atomic mass is 10.0. The third-order valence-corrected chi connectivity index (χ3v) is 4.96. The molecule has 0 fully saturated rings. The fraction of sp³-hybridized carbons (Fsp3) is 0.429. The molecule has 0 unspecified atom stereocenters. The fourth-order valence-electron chi connectivity index (χ4n) is 1.90. The number of sulfonamides is 1. The van der Waals surface area contributed by atoms with E-state index in [-0.39, 0.29) is 10.8 Å². The summed E-state index contributed by atoms with van der Waals surface area (Å²) in [7, 11) is -3.96. The number of carboxylic acids is 1. The van der Waals surface area contributed by atoms with Gasteiger partial charge in [0.05, 0.1) is 16.5 Å². The molecule has 0 aliphatic rings. The van der Waals surface area contributed by atoms with Gasteiger partial charge in [0.1, 0.15) is 6.04 Å². The largest absolute Gasteiger partial charge is 0.480 e. The number of carbonyl (C=O) groups is 1. The molecule has 0 saturated carbocycles. The van der Waals surface area contributed by atoms with E-state index >= 15 is 0 Å². The maximum atomic E-state index is 12.3. The summed E-state index contributed by atoms with van der Waals surface area (Å²) in [6, 6.07) is 4.89. The Kier molecular flexibility index (Phi) is 5.47.